The van der Waals surface area contributed by atoms with Crippen molar-refractivity contribution in [3.05, 3.63) is 63.7 Å². The molecule has 0 N–H and O–H groups in total. The van der Waals surface area contributed by atoms with Crippen molar-refractivity contribution in [3.63, 3.8) is 0 Å². The van der Waals surface area contributed by atoms with Crippen molar-refractivity contribution in [3.8, 4) is 5.75 Å². The molecular formula is C18H21ClO. The molecule has 2 heteroatoms. The molecule has 1 atom stereocenters. The van der Waals surface area contributed by atoms with Crippen LogP contribution in [0.1, 0.15) is 38.8 Å². The fourth-order valence-electron chi connectivity index (χ4n) is 2.80. The molecule has 20 heavy (non-hydrogen) atoms. The van der Waals surface area contributed by atoms with Crippen LogP contribution in [0, 0.1) is 27.7 Å². The zero-order valence-electron chi connectivity index (χ0n) is 12.8. The van der Waals surface area contributed by atoms with Gasteiger partial charge in [0, 0.05) is 5.56 Å². The standard InChI is InChI=1S/C18H21ClO/c1-11-6-7-16(20-5)15(10-11)18(19)17-13(3)8-12(2)9-14(17)4/h6-10,18H,1-5H3. The quantitative estimate of drug-likeness (QED) is 0.700. The minimum Gasteiger partial charge on any atom is -0.496 e. The third-order valence-electron chi connectivity index (χ3n) is 3.65. The molecule has 0 aliphatic carbocycles. The first-order valence-corrected chi connectivity index (χ1v) is 7.24. The van der Waals surface area contributed by atoms with E-state index in [0.717, 1.165) is 11.3 Å². The number of hydrogen-bond acceptors (Lipinski definition) is 1. The number of aryl methyl sites for hydroxylation is 4. The van der Waals surface area contributed by atoms with Gasteiger partial charge in [-0.15, -0.1) is 11.6 Å². The molecular weight excluding hydrogens is 268 g/mol. The summed E-state index contributed by atoms with van der Waals surface area (Å²) in [5.74, 6) is 0.843. The van der Waals surface area contributed by atoms with E-state index >= 15 is 0 Å². The fourth-order valence-corrected chi connectivity index (χ4v) is 3.31. The van der Waals surface area contributed by atoms with Crippen LogP contribution in [0.4, 0.5) is 0 Å². The van der Waals surface area contributed by atoms with Gasteiger partial charge in [-0.25, -0.2) is 0 Å². The van der Waals surface area contributed by atoms with Crippen LogP contribution in [0.5, 0.6) is 5.75 Å². The molecule has 1 unspecified atom stereocenters. The van der Waals surface area contributed by atoms with Gasteiger partial charge >= 0.3 is 0 Å². The van der Waals surface area contributed by atoms with Crippen molar-refractivity contribution in [1.82, 2.24) is 0 Å². The number of benzene rings is 2. The first-order valence-electron chi connectivity index (χ1n) is 6.80. The molecule has 2 rings (SSSR count). The minimum absolute atomic E-state index is 0.189. The van der Waals surface area contributed by atoms with E-state index in [4.69, 9.17) is 16.3 Å². The van der Waals surface area contributed by atoms with Gasteiger partial charge in [0.05, 0.1) is 12.5 Å². The Morgan fingerprint density at radius 3 is 2.05 bits per heavy atom. The van der Waals surface area contributed by atoms with Gasteiger partial charge < -0.3 is 4.74 Å². The summed E-state index contributed by atoms with van der Waals surface area (Å²) < 4.78 is 5.46. The SMILES string of the molecule is COc1ccc(C)cc1C(Cl)c1c(C)cc(C)cc1C. The van der Waals surface area contributed by atoms with Crippen LogP contribution in [-0.2, 0) is 0 Å². The summed E-state index contributed by atoms with van der Waals surface area (Å²) >= 11 is 6.77. The predicted molar refractivity (Wildman–Crippen MR) is 86.1 cm³/mol. The van der Waals surface area contributed by atoms with E-state index in [2.05, 4.69) is 45.9 Å². The van der Waals surface area contributed by atoms with Gasteiger partial charge in [-0.05, 0) is 50.5 Å². The van der Waals surface area contributed by atoms with Crippen LogP contribution >= 0.6 is 11.6 Å². The van der Waals surface area contributed by atoms with Crippen molar-refractivity contribution in [1.29, 1.82) is 0 Å². The van der Waals surface area contributed by atoms with E-state index < -0.39 is 0 Å². The maximum atomic E-state index is 6.77. The van der Waals surface area contributed by atoms with Gasteiger partial charge in [0.25, 0.3) is 0 Å². The summed E-state index contributed by atoms with van der Waals surface area (Å²) in [6.07, 6.45) is 0. The van der Waals surface area contributed by atoms with Gasteiger partial charge in [0.1, 0.15) is 5.75 Å². The lowest BCUT2D eigenvalue weighted by Crippen LogP contribution is -2.03. The monoisotopic (exact) mass is 288 g/mol. The maximum absolute atomic E-state index is 6.77. The normalized spacial score (nSPS) is 12.3. The molecule has 0 aliphatic rings. The maximum Gasteiger partial charge on any atom is 0.123 e. The van der Waals surface area contributed by atoms with E-state index in [9.17, 15) is 0 Å². The number of halogens is 1. The van der Waals surface area contributed by atoms with E-state index in [1.54, 1.807) is 7.11 Å². The third-order valence-corrected chi connectivity index (χ3v) is 4.10. The molecule has 0 bridgehead atoms. The Kier molecular flexibility index (Phi) is 4.39. The molecule has 2 aromatic carbocycles. The molecule has 0 aromatic heterocycles. The van der Waals surface area contributed by atoms with Crippen LogP contribution in [0.25, 0.3) is 0 Å². The van der Waals surface area contributed by atoms with E-state index in [1.807, 2.05) is 12.1 Å². The van der Waals surface area contributed by atoms with Crippen molar-refractivity contribution >= 4 is 11.6 Å². The molecule has 106 valence electrons. The number of hydrogen-bond donors (Lipinski definition) is 0. The Morgan fingerprint density at radius 1 is 0.900 bits per heavy atom. The zero-order chi connectivity index (χ0) is 14.9. The highest BCUT2D eigenvalue weighted by Crippen LogP contribution is 2.38. The van der Waals surface area contributed by atoms with Crippen molar-refractivity contribution in [2.75, 3.05) is 7.11 Å². The summed E-state index contributed by atoms with van der Waals surface area (Å²) in [6, 6.07) is 10.5. The first-order chi connectivity index (χ1) is 9.43. The molecule has 0 amide bonds. The van der Waals surface area contributed by atoms with Crippen LogP contribution < -0.4 is 4.74 Å². The van der Waals surface area contributed by atoms with E-state index in [1.165, 1.54) is 27.8 Å². The second-order valence-electron chi connectivity index (χ2n) is 5.42. The van der Waals surface area contributed by atoms with Crippen molar-refractivity contribution in [2.24, 2.45) is 0 Å². The molecule has 0 aliphatic heterocycles. The van der Waals surface area contributed by atoms with Crippen LogP contribution in [0.15, 0.2) is 30.3 Å². The summed E-state index contributed by atoms with van der Waals surface area (Å²) in [5.41, 5.74) is 7.13. The first kappa shape index (κ1) is 14.9. The second kappa shape index (κ2) is 5.88. The molecule has 1 nitrogen and oxygen atoms in total. The highest BCUT2D eigenvalue weighted by Gasteiger charge is 2.19. The smallest absolute Gasteiger partial charge is 0.123 e. The Bertz CT molecular complexity index is 608. The average Bonchev–Trinajstić information content (AvgIpc) is 2.37. The number of ether oxygens (including phenoxy) is 1. The van der Waals surface area contributed by atoms with Crippen LogP contribution in [-0.4, -0.2) is 7.11 Å². The van der Waals surface area contributed by atoms with Gasteiger partial charge in [0.2, 0.25) is 0 Å². The third kappa shape index (κ3) is 2.83. The largest absolute Gasteiger partial charge is 0.496 e. The van der Waals surface area contributed by atoms with Gasteiger partial charge in [-0.1, -0.05) is 35.4 Å². The molecule has 0 saturated carbocycles. The van der Waals surface area contributed by atoms with Crippen LogP contribution in [0.3, 0.4) is 0 Å². The Balaban J connectivity index is 2.57. The van der Waals surface area contributed by atoms with E-state index in [-0.39, 0.29) is 5.38 Å². The van der Waals surface area contributed by atoms with Gasteiger partial charge in [-0.3, -0.25) is 0 Å². The summed E-state index contributed by atoms with van der Waals surface area (Å²) in [5, 5.41) is -0.189. The molecule has 0 heterocycles. The van der Waals surface area contributed by atoms with Crippen molar-refractivity contribution in [2.45, 2.75) is 33.1 Å². The highest BCUT2D eigenvalue weighted by atomic mass is 35.5. The number of rotatable bonds is 3. The lowest BCUT2D eigenvalue weighted by molar-refractivity contribution is 0.410. The molecule has 2 aromatic rings. The van der Waals surface area contributed by atoms with Gasteiger partial charge in [-0.2, -0.15) is 0 Å². The minimum atomic E-state index is -0.189. The Labute approximate surface area is 126 Å². The zero-order valence-corrected chi connectivity index (χ0v) is 13.5. The number of alkyl halides is 1. The topological polar surface area (TPSA) is 9.23 Å². The van der Waals surface area contributed by atoms with Gasteiger partial charge in [0.15, 0.2) is 0 Å². The lowest BCUT2D eigenvalue weighted by Gasteiger charge is -2.19. The molecule has 0 fully saturated rings. The molecule has 0 saturated heterocycles. The lowest BCUT2D eigenvalue weighted by atomic mass is 9.93. The summed E-state index contributed by atoms with van der Waals surface area (Å²) in [6.45, 7) is 8.42. The predicted octanol–water partition coefficient (Wildman–Crippen LogP) is 5.26. The Morgan fingerprint density at radius 2 is 1.50 bits per heavy atom. The molecule has 0 spiro atoms. The number of methoxy groups -OCH3 is 1. The fraction of sp³-hybridized carbons (Fsp3) is 0.333. The highest BCUT2D eigenvalue weighted by molar-refractivity contribution is 6.23. The van der Waals surface area contributed by atoms with Crippen molar-refractivity contribution < 1.29 is 4.74 Å². The molecule has 0 radical (unpaired) electrons. The van der Waals surface area contributed by atoms with Crippen LogP contribution in [0.2, 0.25) is 0 Å². The second-order valence-corrected chi connectivity index (χ2v) is 5.86. The summed E-state index contributed by atoms with van der Waals surface area (Å²) in [4.78, 5) is 0. The summed E-state index contributed by atoms with van der Waals surface area (Å²) in [7, 11) is 1.69. The average molecular weight is 289 g/mol. The Hall–Kier alpha value is -1.47. The van der Waals surface area contributed by atoms with E-state index in [0.29, 0.717) is 0 Å².